The largest absolute Gasteiger partial charge is 0.490 e. The van der Waals surface area contributed by atoms with E-state index in [-0.39, 0.29) is 23.9 Å². The number of piperidine rings is 1. The lowest BCUT2D eigenvalue weighted by Crippen LogP contribution is -2.56. The fourth-order valence-corrected chi connectivity index (χ4v) is 7.26. The molecule has 1 spiro atoms. The first kappa shape index (κ1) is 26.3. The SMILES string of the molecule is CCOc1cccc2c1O[C@@](C)(CCC(=O)O)[C@H]1CC3(CCN(C(=O)CCC4CCCC4)CC3)CO[C@H]21. The number of nitrogens with zero attached hydrogens (tertiary/aromatic N) is 1. The second kappa shape index (κ2) is 10.8. The van der Waals surface area contributed by atoms with Crippen LogP contribution in [-0.2, 0) is 14.3 Å². The van der Waals surface area contributed by atoms with Crippen molar-refractivity contribution in [1.29, 1.82) is 0 Å². The molecule has 1 amide bonds. The molecule has 0 bridgehead atoms. The maximum atomic E-state index is 12.9. The molecule has 0 aromatic heterocycles. The summed E-state index contributed by atoms with van der Waals surface area (Å²) in [6.45, 7) is 6.74. The van der Waals surface area contributed by atoms with Crippen molar-refractivity contribution in [1.82, 2.24) is 4.90 Å². The van der Waals surface area contributed by atoms with Gasteiger partial charge >= 0.3 is 5.97 Å². The number of aliphatic carboxylic acids is 1. The fraction of sp³-hybridized carbons (Fsp3) is 0.733. The van der Waals surface area contributed by atoms with Crippen LogP contribution in [0.3, 0.4) is 0 Å². The molecule has 37 heavy (non-hydrogen) atoms. The average molecular weight is 514 g/mol. The maximum absolute atomic E-state index is 12.9. The third-order valence-electron chi connectivity index (χ3n) is 9.58. The fourth-order valence-electron chi connectivity index (χ4n) is 7.26. The predicted octanol–water partition coefficient (Wildman–Crippen LogP) is 5.76. The van der Waals surface area contributed by atoms with E-state index in [1.807, 2.05) is 26.0 Å². The first-order valence-electron chi connectivity index (χ1n) is 14.4. The molecule has 4 aliphatic rings. The number of carboxylic acids is 1. The number of ether oxygens (including phenoxy) is 3. The van der Waals surface area contributed by atoms with Gasteiger partial charge in [0, 0.05) is 37.4 Å². The summed E-state index contributed by atoms with van der Waals surface area (Å²) in [5.41, 5.74) is 0.315. The lowest BCUT2D eigenvalue weighted by atomic mass is 9.63. The van der Waals surface area contributed by atoms with Crippen molar-refractivity contribution >= 4 is 11.9 Å². The smallest absolute Gasteiger partial charge is 0.303 e. The molecule has 3 atom stereocenters. The zero-order valence-electron chi connectivity index (χ0n) is 22.5. The Bertz CT molecular complexity index is 980. The molecule has 5 rings (SSSR count). The standard InChI is InChI=1S/C30H43NO6/c1-3-35-24-10-6-9-22-27-23(29(2,37-28(22)24)14-13-26(33)34)19-30(20-36-27)15-17-31(18-16-30)25(32)12-11-21-7-4-5-8-21/h6,9-10,21,23,27H,3-5,7-8,11-20H2,1-2H3,(H,33,34)/t23-,27+,29-/m0/s1. The van der Waals surface area contributed by atoms with Crippen LogP contribution in [0.2, 0.25) is 0 Å². The number of hydrogen-bond donors (Lipinski definition) is 1. The number of hydrogen-bond acceptors (Lipinski definition) is 5. The normalized spacial score (nSPS) is 28.9. The van der Waals surface area contributed by atoms with Gasteiger partial charge in [-0.2, -0.15) is 0 Å². The van der Waals surface area contributed by atoms with Crippen molar-refractivity contribution in [3.05, 3.63) is 23.8 Å². The number of rotatable bonds is 8. The van der Waals surface area contributed by atoms with Gasteiger partial charge in [0.2, 0.25) is 5.91 Å². The molecule has 1 aromatic carbocycles. The minimum atomic E-state index is -0.818. The van der Waals surface area contributed by atoms with Gasteiger partial charge in [-0.15, -0.1) is 0 Å². The Morgan fingerprint density at radius 2 is 1.92 bits per heavy atom. The molecule has 3 heterocycles. The van der Waals surface area contributed by atoms with Crippen LogP contribution in [0.15, 0.2) is 18.2 Å². The summed E-state index contributed by atoms with van der Waals surface area (Å²) >= 11 is 0. The van der Waals surface area contributed by atoms with Gasteiger partial charge in [-0.1, -0.05) is 37.8 Å². The quantitative estimate of drug-likeness (QED) is 0.476. The number of benzene rings is 1. The highest BCUT2D eigenvalue weighted by Gasteiger charge is 2.55. The molecule has 0 radical (unpaired) electrons. The molecule has 1 aliphatic carbocycles. The average Bonchev–Trinajstić information content (AvgIpc) is 3.41. The van der Waals surface area contributed by atoms with E-state index < -0.39 is 11.6 Å². The Labute approximate surface area is 220 Å². The van der Waals surface area contributed by atoms with E-state index in [2.05, 4.69) is 11.0 Å². The van der Waals surface area contributed by atoms with Crippen molar-refractivity contribution in [2.24, 2.45) is 17.3 Å². The number of fused-ring (bicyclic) bond motifs is 3. The molecule has 1 aromatic rings. The summed E-state index contributed by atoms with van der Waals surface area (Å²) in [5, 5.41) is 9.48. The summed E-state index contributed by atoms with van der Waals surface area (Å²) in [6.07, 6.45) is 9.99. The lowest BCUT2D eigenvalue weighted by molar-refractivity contribution is -0.183. The van der Waals surface area contributed by atoms with Gasteiger partial charge in [0.15, 0.2) is 11.5 Å². The second-order valence-corrected chi connectivity index (χ2v) is 12.0. The summed E-state index contributed by atoms with van der Waals surface area (Å²) < 4.78 is 19.2. The van der Waals surface area contributed by atoms with Crippen LogP contribution in [-0.4, -0.2) is 53.8 Å². The van der Waals surface area contributed by atoms with Crippen LogP contribution in [0.25, 0.3) is 0 Å². The Morgan fingerprint density at radius 3 is 2.62 bits per heavy atom. The Balaban J connectivity index is 1.30. The molecular formula is C30H43NO6. The van der Waals surface area contributed by atoms with Crippen molar-refractivity contribution in [3.8, 4) is 11.5 Å². The minimum Gasteiger partial charge on any atom is -0.490 e. The van der Waals surface area contributed by atoms with E-state index in [0.29, 0.717) is 43.5 Å². The number of likely N-dealkylation sites (tertiary alicyclic amines) is 1. The first-order valence-corrected chi connectivity index (χ1v) is 14.4. The number of carboxylic acid groups (broad SMARTS) is 1. The van der Waals surface area contributed by atoms with E-state index in [4.69, 9.17) is 14.2 Å². The molecule has 7 heteroatoms. The van der Waals surface area contributed by atoms with E-state index in [0.717, 1.165) is 50.3 Å². The number of carbonyl (C=O) groups excluding carboxylic acids is 1. The summed E-state index contributed by atoms with van der Waals surface area (Å²) in [7, 11) is 0. The van der Waals surface area contributed by atoms with Gasteiger partial charge in [-0.3, -0.25) is 9.59 Å². The third-order valence-corrected chi connectivity index (χ3v) is 9.58. The zero-order valence-corrected chi connectivity index (χ0v) is 22.5. The Kier molecular flexibility index (Phi) is 7.71. The topological polar surface area (TPSA) is 85.3 Å². The molecular weight excluding hydrogens is 470 g/mol. The Morgan fingerprint density at radius 1 is 1.16 bits per heavy atom. The van der Waals surface area contributed by atoms with Crippen LogP contribution in [0.4, 0.5) is 0 Å². The van der Waals surface area contributed by atoms with E-state index >= 15 is 0 Å². The van der Waals surface area contributed by atoms with Crippen LogP contribution in [0, 0.1) is 17.3 Å². The van der Waals surface area contributed by atoms with Crippen LogP contribution < -0.4 is 9.47 Å². The first-order chi connectivity index (χ1) is 17.8. The van der Waals surface area contributed by atoms with Gasteiger partial charge in [-0.05, 0) is 63.4 Å². The number of para-hydroxylation sites is 1. The van der Waals surface area contributed by atoms with Gasteiger partial charge in [0.1, 0.15) is 5.60 Å². The van der Waals surface area contributed by atoms with E-state index in [1.165, 1.54) is 25.7 Å². The summed E-state index contributed by atoms with van der Waals surface area (Å²) in [4.78, 5) is 26.5. The third kappa shape index (κ3) is 5.47. The Hall–Kier alpha value is -2.28. The highest BCUT2D eigenvalue weighted by Crippen LogP contribution is 2.58. The van der Waals surface area contributed by atoms with Crippen molar-refractivity contribution < 1.29 is 28.9 Å². The van der Waals surface area contributed by atoms with Gasteiger partial charge < -0.3 is 24.2 Å². The highest BCUT2D eigenvalue weighted by atomic mass is 16.5. The molecule has 3 aliphatic heterocycles. The molecule has 0 unspecified atom stereocenters. The summed E-state index contributed by atoms with van der Waals surface area (Å²) in [6, 6.07) is 5.94. The zero-order chi connectivity index (χ0) is 26.0. The summed E-state index contributed by atoms with van der Waals surface area (Å²) in [5.74, 6) is 1.65. The maximum Gasteiger partial charge on any atom is 0.303 e. The van der Waals surface area contributed by atoms with E-state index in [9.17, 15) is 14.7 Å². The van der Waals surface area contributed by atoms with Crippen LogP contribution >= 0.6 is 0 Å². The van der Waals surface area contributed by atoms with Gasteiger partial charge in [0.05, 0.1) is 19.3 Å². The number of amides is 1. The van der Waals surface area contributed by atoms with Gasteiger partial charge in [-0.25, -0.2) is 0 Å². The molecule has 2 saturated heterocycles. The molecule has 1 N–H and O–H groups in total. The van der Waals surface area contributed by atoms with Crippen LogP contribution in [0.1, 0.15) is 96.1 Å². The molecule has 1 saturated carbocycles. The molecule has 7 nitrogen and oxygen atoms in total. The predicted molar refractivity (Wildman–Crippen MR) is 140 cm³/mol. The van der Waals surface area contributed by atoms with Crippen molar-refractivity contribution in [2.45, 2.75) is 96.2 Å². The van der Waals surface area contributed by atoms with Gasteiger partial charge in [0.25, 0.3) is 0 Å². The molecule has 3 fully saturated rings. The lowest BCUT2D eigenvalue weighted by Gasteiger charge is -2.55. The van der Waals surface area contributed by atoms with Crippen LogP contribution in [0.5, 0.6) is 11.5 Å². The van der Waals surface area contributed by atoms with Crippen molar-refractivity contribution in [3.63, 3.8) is 0 Å². The number of carbonyl (C=O) groups is 2. The second-order valence-electron chi connectivity index (χ2n) is 12.0. The molecule has 204 valence electrons. The minimum absolute atomic E-state index is 0.00766. The monoisotopic (exact) mass is 513 g/mol. The van der Waals surface area contributed by atoms with Crippen molar-refractivity contribution in [2.75, 3.05) is 26.3 Å². The highest BCUT2D eigenvalue weighted by molar-refractivity contribution is 5.76. The van der Waals surface area contributed by atoms with E-state index in [1.54, 1.807) is 0 Å².